The largest absolute Gasteiger partial charge is 0.369 e. The van der Waals surface area contributed by atoms with Gasteiger partial charge in [0.2, 0.25) is 5.91 Å². The van der Waals surface area contributed by atoms with Crippen molar-refractivity contribution in [3.05, 3.63) is 28.0 Å². The normalized spacial score (nSPS) is 19.2. The van der Waals surface area contributed by atoms with Gasteiger partial charge in [-0.2, -0.15) is 9.36 Å². The molecule has 1 amide bonds. The Morgan fingerprint density at radius 2 is 2.00 bits per heavy atom. The molecule has 3 heterocycles. The molecule has 0 atom stereocenters. The molecule has 0 aromatic carbocycles. The Balaban J connectivity index is 1.40. The number of rotatable bonds is 4. The average Bonchev–Trinajstić information content (AvgIpc) is 3.17. The average molecular weight is 334 g/mol. The first kappa shape index (κ1) is 14.6. The van der Waals surface area contributed by atoms with Gasteiger partial charge in [-0.15, -0.1) is 11.3 Å². The van der Waals surface area contributed by atoms with Crippen LogP contribution in [-0.2, 0) is 11.3 Å². The zero-order chi connectivity index (χ0) is 15.8. The Morgan fingerprint density at radius 1 is 1.22 bits per heavy atom. The van der Waals surface area contributed by atoms with E-state index in [1.54, 1.807) is 6.07 Å². The third-order valence-electron chi connectivity index (χ3n) is 4.37. The van der Waals surface area contributed by atoms with Gasteiger partial charge in [-0.05, 0) is 40.8 Å². The van der Waals surface area contributed by atoms with Crippen LogP contribution in [-0.4, -0.2) is 67.7 Å². The summed E-state index contributed by atoms with van der Waals surface area (Å²) in [6.07, 6.45) is 2.57. The molecular formula is C14H18N6O2S. The van der Waals surface area contributed by atoms with Crippen molar-refractivity contribution in [2.45, 2.75) is 25.4 Å². The highest BCUT2D eigenvalue weighted by Crippen LogP contribution is 2.27. The number of hydrogen-bond acceptors (Lipinski definition) is 6. The fraction of sp³-hybridized carbons (Fsp3) is 0.571. The Kier molecular flexibility index (Phi) is 3.74. The molecule has 2 fully saturated rings. The molecule has 9 heteroatoms. The highest BCUT2D eigenvalue weighted by atomic mass is 32.1. The van der Waals surface area contributed by atoms with Gasteiger partial charge in [-0.25, -0.2) is 4.79 Å². The highest BCUT2D eigenvalue weighted by molar-refractivity contribution is 7.12. The van der Waals surface area contributed by atoms with E-state index in [0.29, 0.717) is 5.00 Å². The predicted octanol–water partition coefficient (Wildman–Crippen LogP) is -0.203. The first-order chi connectivity index (χ1) is 11.2. The Hall–Kier alpha value is -2.00. The van der Waals surface area contributed by atoms with E-state index in [1.807, 2.05) is 16.3 Å². The molecule has 2 aliphatic rings. The second kappa shape index (κ2) is 5.89. The lowest BCUT2D eigenvalue weighted by atomic mass is 10.3. The molecule has 23 heavy (non-hydrogen) atoms. The molecule has 1 saturated carbocycles. The lowest BCUT2D eigenvalue weighted by Gasteiger charge is -2.34. The van der Waals surface area contributed by atoms with Crippen LogP contribution >= 0.6 is 11.3 Å². The Morgan fingerprint density at radius 3 is 2.65 bits per heavy atom. The standard InChI is InChI=1S/C14H18N6O2S/c21-12(18-7-5-17(6-8-18)11-3-4-11)10-19-14(22)20(16-15-19)13-2-1-9-23-13/h1-2,9,11H,3-8,10H2. The number of carbonyl (C=O) groups is 1. The van der Waals surface area contributed by atoms with E-state index < -0.39 is 0 Å². The fourth-order valence-corrected chi connectivity index (χ4v) is 3.57. The van der Waals surface area contributed by atoms with E-state index in [-0.39, 0.29) is 18.1 Å². The zero-order valence-corrected chi connectivity index (χ0v) is 13.5. The summed E-state index contributed by atoms with van der Waals surface area (Å²) in [6, 6.07) is 4.38. The molecule has 8 nitrogen and oxygen atoms in total. The smallest absolute Gasteiger partial charge is 0.339 e. The van der Waals surface area contributed by atoms with E-state index in [9.17, 15) is 9.59 Å². The van der Waals surface area contributed by atoms with Crippen LogP contribution in [0, 0.1) is 0 Å². The van der Waals surface area contributed by atoms with Crippen LogP contribution in [0.1, 0.15) is 12.8 Å². The fourth-order valence-electron chi connectivity index (χ4n) is 2.91. The molecule has 1 saturated heterocycles. The predicted molar refractivity (Wildman–Crippen MR) is 84.7 cm³/mol. The van der Waals surface area contributed by atoms with Crippen LogP contribution < -0.4 is 5.69 Å². The van der Waals surface area contributed by atoms with Crippen LogP contribution in [0.15, 0.2) is 22.3 Å². The first-order valence-electron chi connectivity index (χ1n) is 7.81. The number of nitrogens with zero attached hydrogens (tertiary/aromatic N) is 6. The summed E-state index contributed by atoms with van der Waals surface area (Å²) < 4.78 is 2.36. The molecule has 0 spiro atoms. The van der Waals surface area contributed by atoms with Gasteiger partial charge in [0.25, 0.3) is 0 Å². The minimum absolute atomic E-state index is 0.0480. The van der Waals surface area contributed by atoms with Crippen molar-refractivity contribution in [1.29, 1.82) is 0 Å². The van der Waals surface area contributed by atoms with Gasteiger partial charge in [0.1, 0.15) is 11.5 Å². The van der Waals surface area contributed by atoms with Crippen molar-refractivity contribution >= 4 is 17.2 Å². The van der Waals surface area contributed by atoms with E-state index in [2.05, 4.69) is 15.3 Å². The molecule has 0 bridgehead atoms. The summed E-state index contributed by atoms with van der Waals surface area (Å²) in [5.74, 6) is -0.0687. The minimum Gasteiger partial charge on any atom is -0.339 e. The summed E-state index contributed by atoms with van der Waals surface area (Å²) in [6.45, 7) is 3.25. The third-order valence-corrected chi connectivity index (χ3v) is 5.21. The highest BCUT2D eigenvalue weighted by Gasteiger charge is 2.32. The topological polar surface area (TPSA) is 76.3 Å². The van der Waals surface area contributed by atoms with Gasteiger partial charge < -0.3 is 4.90 Å². The number of carbonyl (C=O) groups excluding carboxylic acids is 1. The number of tetrazole rings is 1. The summed E-state index contributed by atoms with van der Waals surface area (Å²) >= 11 is 1.41. The number of thiophene rings is 1. The summed E-state index contributed by atoms with van der Waals surface area (Å²) in [5.41, 5.74) is -0.377. The van der Waals surface area contributed by atoms with E-state index >= 15 is 0 Å². The third kappa shape index (κ3) is 2.93. The van der Waals surface area contributed by atoms with Crippen molar-refractivity contribution in [3.63, 3.8) is 0 Å². The van der Waals surface area contributed by atoms with Crippen molar-refractivity contribution < 1.29 is 4.79 Å². The summed E-state index contributed by atoms with van der Waals surface area (Å²) in [5, 5.41) is 10.2. The monoisotopic (exact) mass is 334 g/mol. The van der Waals surface area contributed by atoms with Crippen LogP contribution in [0.3, 0.4) is 0 Å². The number of aromatic nitrogens is 4. The zero-order valence-electron chi connectivity index (χ0n) is 12.7. The first-order valence-corrected chi connectivity index (χ1v) is 8.69. The molecule has 2 aromatic rings. The lowest BCUT2D eigenvalue weighted by Crippen LogP contribution is -2.50. The Labute approximate surface area is 136 Å². The molecule has 2 aromatic heterocycles. The second-order valence-electron chi connectivity index (χ2n) is 5.93. The quantitative estimate of drug-likeness (QED) is 0.774. The van der Waals surface area contributed by atoms with Gasteiger partial charge in [0.05, 0.1) is 0 Å². The molecule has 0 radical (unpaired) electrons. The lowest BCUT2D eigenvalue weighted by molar-refractivity contribution is -0.134. The summed E-state index contributed by atoms with van der Waals surface area (Å²) in [4.78, 5) is 28.9. The maximum absolute atomic E-state index is 12.4. The molecular weight excluding hydrogens is 316 g/mol. The molecule has 0 unspecified atom stereocenters. The van der Waals surface area contributed by atoms with Crippen LogP contribution in [0.5, 0.6) is 0 Å². The van der Waals surface area contributed by atoms with Crippen LogP contribution in [0.2, 0.25) is 0 Å². The van der Waals surface area contributed by atoms with Gasteiger partial charge in [-0.3, -0.25) is 9.69 Å². The van der Waals surface area contributed by atoms with E-state index in [4.69, 9.17) is 0 Å². The Bertz CT molecular complexity index is 740. The maximum atomic E-state index is 12.4. The van der Waals surface area contributed by atoms with Crippen LogP contribution in [0.25, 0.3) is 5.00 Å². The molecule has 1 aliphatic heterocycles. The van der Waals surface area contributed by atoms with E-state index in [0.717, 1.165) is 36.9 Å². The SMILES string of the molecule is O=C(Cn1nnn(-c2cccs2)c1=O)N1CCN(C2CC2)CC1. The number of piperazine rings is 1. The molecule has 122 valence electrons. The van der Waals surface area contributed by atoms with Gasteiger partial charge in [-0.1, -0.05) is 0 Å². The second-order valence-corrected chi connectivity index (χ2v) is 6.86. The van der Waals surface area contributed by atoms with Crippen molar-refractivity contribution in [2.75, 3.05) is 26.2 Å². The maximum Gasteiger partial charge on any atom is 0.369 e. The summed E-state index contributed by atoms with van der Waals surface area (Å²) in [7, 11) is 0. The number of amides is 1. The molecule has 0 N–H and O–H groups in total. The minimum atomic E-state index is -0.377. The van der Waals surface area contributed by atoms with Crippen molar-refractivity contribution in [3.8, 4) is 5.00 Å². The van der Waals surface area contributed by atoms with Gasteiger partial charge >= 0.3 is 5.69 Å². The number of hydrogen-bond donors (Lipinski definition) is 0. The molecule has 1 aliphatic carbocycles. The van der Waals surface area contributed by atoms with Gasteiger partial charge in [0.15, 0.2) is 0 Å². The van der Waals surface area contributed by atoms with Crippen LogP contribution in [0.4, 0.5) is 0 Å². The van der Waals surface area contributed by atoms with E-state index in [1.165, 1.54) is 28.9 Å². The van der Waals surface area contributed by atoms with Gasteiger partial charge in [0, 0.05) is 32.2 Å². The van der Waals surface area contributed by atoms with Crippen molar-refractivity contribution in [2.24, 2.45) is 0 Å². The van der Waals surface area contributed by atoms with Crippen molar-refractivity contribution in [1.82, 2.24) is 29.6 Å². The molecule has 4 rings (SSSR count).